The molecule has 20 heavy (non-hydrogen) atoms. The molecule has 1 amide bonds. The molecule has 0 saturated carbocycles. The smallest absolute Gasteiger partial charge is 0.335 e. The van der Waals surface area contributed by atoms with Crippen LogP contribution in [0, 0.1) is 5.92 Å². The fourth-order valence-electron chi connectivity index (χ4n) is 2.04. The molecule has 1 atom stereocenters. The third-order valence-corrected chi connectivity index (χ3v) is 3.04. The van der Waals surface area contributed by atoms with Gasteiger partial charge >= 0.3 is 5.97 Å². The van der Waals surface area contributed by atoms with E-state index in [-0.39, 0.29) is 11.5 Å². The average molecular weight is 279 g/mol. The number of methoxy groups -OCH3 is 1. The summed E-state index contributed by atoms with van der Waals surface area (Å²) in [6.07, 6.45) is 2.49. The van der Waals surface area contributed by atoms with E-state index in [0.29, 0.717) is 23.8 Å². The van der Waals surface area contributed by atoms with Gasteiger partial charge in [0.25, 0.3) is 0 Å². The van der Waals surface area contributed by atoms with Gasteiger partial charge in [0.05, 0.1) is 18.4 Å². The zero-order chi connectivity index (χ0) is 15.1. The predicted octanol–water partition coefficient (Wildman–Crippen LogP) is 3.16. The Morgan fingerprint density at radius 1 is 1.40 bits per heavy atom. The number of anilines is 1. The van der Waals surface area contributed by atoms with Crippen molar-refractivity contribution < 1.29 is 19.4 Å². The minimum atomic E-state index is -1.03. The Kier molecular flexibility index (Phi) is 6.03. The van der Waals surface area contributed by atoms with Crippen molar-refractivity contribution in [3.05, 3.63) is 23.8 Å². The highest BCUT2D eigenvalue weighted by atomic mass is 16.5. The number of hydrogen-bond acceptors (Lipinski definition) is 3. The summed E-state index contributed by atoms with van der Waals surface area (Å²) in [5, 5.41) is 11.7. The van der Waals surface area contributed by atoms with E-state index in [2.05, 4.69) is 12.2 Å². The van der Waals surface area contributed by atoms with Crippen LogP contribution in [-0.2, 0) is 4.79 Å². The monoisotopic (exact) mass is 279 g/mol. The third-order valence-electron chi connectivity index (χ3n) is 3.04. The predicted molar refractivity (Wildman–Crippen MR) is 77.3 cm³/mol. The van der Waals surface area contributed by atoms with Crippen LogP contribution in [0.1, 0.15) is 43.5 Å². The van der Waals surface area contributed by atoms with Gasteiger partial charge in [0.15, 0.2) is 0 Å². The van der Waals surface area contributed by atoms with Crippen LogP contribution in [0.15, 0.2) is 18.2 Å². The van der Waals surface area contributed by atoms with Gasteiger partial charge in [0.1, 0.15) is 5.75 Å². The normalized spacial score (nSPS) is 11.8. The Morgan fingerprint density at radius 3 is 2.65 bits per heavy atom. The Balaban J connectivity index is 2.76. The van der Waals surface area contributed by atoms with Crippen molar-refractivity contribution in [2.45, 2.75) is 33.1 Å². The lowest BCUT2D eigenvalue weighted by atomic mass is 10.0. The minimum Gasteiger partial charge on any atom is -0.495 e. The second-order valence-corrected chi connectivity index (χ2v) is 4.87. The van der Waals surface area contributed by atoms with Gasteiger partial charge in [-0.1, -0.05) is 26.7 Å². The number of carboxylic acid groups (broad SMARTS) is 1. The molecule has 0 bridgehead atoms. The lowest BCUT2D eigenvalue weighted by Gasteiger charge is -2.13. The first-order valence-electron chi connectivity index (χ1n) is 6.69. The zero-order valence-electron chi connectivity index (χ0n) is 12.1. The molecule has 1 rings (SSSR count). The largest absolute Gasteiger partial charge is 0.495 e. The molecule has 0 aromatic heterocycles. The van der Waals surface area contributed by atoms with Gasteiger partial charge in [-0.15, -0.1) is 0 Å². The lowest BCUT2D eigenvalue weighted by molar-refractivity contribution is -0.117. The molecule has 1 aromatic carbocycles. The van der Waals surface area contributed by atoms with Gasteiger partial charge in [-0.05, 0) is 24.1 Å². The maximum absolute atomic E-state index is 11.9. The number of ether oxygens (including phenoxy) is 1. The van der Waals surface area contributed by atoms with E-state index < -0.39 is 5.97 Å². The number of amides is 1. The lowest BCUT2D eigenvalue weighted by Crippen LogP contribution is -2.15. The highest BCUT2D eigenvalue weighted by Crippen LogP contribution is 2.26. The van der Waals surface area contributed by atoms with E-state index in [4.69, 9.17) is 9.84 Å². The minimum absolute atomic E-state index is 0.0904. The van der Waals surface area contributed by atoms with Gasteiger partial charge in [0, 0.05) is 6.42 Å². The van der Waals surface area contributed by atoms with Crippen molar-refractivity contribution in [1.82, 2.24) is 0 Å². The van der Waals surface area contributed by atoms with Crippen LogP contribution < -0.4 is 10.1 Å². The molecular weight excluding hydrogens is 258 g/mol. The summed E-state index contributed by atoms with van der Waals surface area (Å²) >= 11 is 0. The second-order valence-electron chi connectivity index (χ2n) is 4.87. The summed E-state index contributed by atoms with van der Waals surface area (Å²) in [6, 6.07) is 4.38. The zero-order valence-corrected chi connectivity index (χ0v) is 12.1. The number of rotatable bonds is 7. The number of carbonyl (C=O) groups is 2. The summed E-state index contributed by atoms with van der Waals surface area (Å²) < 4.78 is 5.11. The molecule has 0 fully saturated rings. The number of benzene rings is 1. The van der Waals surface area contributed by atoms with E-state index in [9.17, 15) is 9.59 Å². The number of hydrogen-bond donors (Lipinski definition) is 2. The molecule has 5 heteroatoms. The maximum Gasteiger partial charge on any atom is 0.335 e. The van der Waals surface area contributed by atoms with E-state index in [1.807, 2.05) is 6.92 Å². The SMILES string of the molecule is CCCC(C)CC(=O)Nc1ccc(C(=O)O)cc1OC. The second kappa shape index (κ2) is 7.53. The van der Waals surface area contributed by atoms with Crippen LogP contribution >= 0.6 is 0 Å². The van der Waals surface area contributed by atoms with Crippen molar-refractivity contribution in [1.29, 1.82) is 0 Å². The van der Waals surface area contributed by atoms with Crippen molar-refractivity contribution in [2.24, 2.45) is 5.92 Å². The van der Waals surface area contributed by atoms with Crippen LogP contribution in [0.5, 0.6) is 5.75 Å². The van der Waals surface area contributed by atoms with Gasteiger partial charge < -0.3 is 15.2 Å². The summed E-state index contributed by atoms with van der Waals surface area (Å²) in [4.78, 5) is 22.8. The molecule has 0 heterocycles. The molecule has 2 N–H and O–H groups in total. The molecule has 1 unspecified atom stereocenters. The molecular formula is C15H21NO4. The Morgan fingerprint density at radius 2 is 2.10 bits per heavy atom. The van der Waals surface area contributed by atoms with Crippen molar-refractivity contribution >= 4 is 17.6 Å². The highest BCUT2D eigenvalue weighted by Gasteiger charge is 2.13. The molecule has 0 radical (unpaired) electrons. The highest BCUT2D eigenvalue weighted by molar-refractivity contribution is 5.94. The first kappa shape index (κ1) is 16.0. The summed E-state index contributed by atoms with van der Waals surface area (Å²) in [5.74, 6) is -0.448. The average Bonchev–Trinajstić information content (AvgIpc) is 2.38. The number of nitrogens with one attached hydrogen (secondary N) is 1. The first-order chi connectivity index (χ1) is 9.47. The number of carbonyl (C=O) groups excluding carboxylic acids is 1. The topological polar surface area (TPSA) is 75.6 Å². The van der Waals surface area contributed by atoms with Gasteiger partial charge in [0.2, 0.25) is 5.91 Å². The molecule has 5 nitrogen and oxygen atoms in total. The quantitative estimate of drug-likeness (QED) is 0.804. The molecule has 0 spiro atoms. The Labute approximate surface area is 118 Å². The van der Waals surface area contributed by atoms with Crippen LogP contribution in [-0.4, -0.2) is 24.1 Å². The molecule has 0 aliphatic carbocycles. The first-order valence-corrected chi connectivity index (χ1v) is 6.69. The standard InChI is InChI=1S/C15H21NO4/c1-4-5-10(2)8-14(17)16-12-7-6-11(15(18)19)9-13(12)20-3/h6-7,9-10H,4-5,8H2,1-3H3,(H,16,17)(H,18,19). The van der Waals surface area contributed by atoms with Crippen molar-refractivity contribution in [2.75, 3.05) is 12.4 Å². The fraction of sp³-hybridized carbons (Fsp3) is 0.467. The van der Waals surface area contributed by atoms with Gasteiger partial charge in [-0.25, -0.2) is 4.79 Å². The molecule has 0 aliphatic rings. The fourth-order valence-corrected chi connectivity index (χ4v) is 2.04. The van der Waals surface area contributed by atoms with Crippen LogP contribution in [0.2, 0.25) is 0 Å². The number of aromatic carboxylic acids is 1. The van der Waals surface area contributed by atoms with Crippen LogP contribution in [0.4, 0.5) is 5.69 Å². The maximum atomic E-state index is 11.9. The van der Waals surface area contributed by atoms with Crippen molar-refractivity contribution in [3.8, 4) is 5.75 Å². The van der Waals surface area contributed by atoms with Crippen molar-refractivity contribution in [3.63, 3.8) is 0 Å². The van der Waals surface area contributed by atoms with Crippen LogP contribution in [0.25, 0.3) is 0 Å². The molecule has 1 aromatic rings. The Bertz CT molecular complexity index is 485. The van der Waals surface area contributed by atoms with Gasteiger partial charge in [-0.3, -0.25) is 4.79 Å². The molecule has 110 valence electrons. The van der Waals surface area contributed by atoms with Gasteiger partial charge in [-0.2, -0.15) is 0 Å². The Hall–Kier alpha value is -2.04. The summed E-state index contributed by atoms with van der Waals surface area (Å²) in [7, 11) is 1.44. The third kappa shape index (κ3) is 4.57. The van der Waals surface area contributed by atoms with E-state index in [1.165, 1.54) is 19.2 Å². The number of carboxylic acids is 1. The summed E-state index contributed by atoms with van der Waals surface area (Å²) in [6.45, 7) is 4.12. The van der Waals surface area contributed by atoms with E-state index in [1.54, 1.807) is 6.07 Å². The van der Waals surface area contributed by atoms with E-state index in [0.717, 1.165) is 12.8 Å². The molecule has 0 aliphatic heterocycles. The van der Waals surface area contributed by atoms with E-state index >= 15 is 0 Å². The molecule has 0 saturated heterocycles. The summed E-state index contributed by atoms with van der Waals surface area (Å²) in [5.41, 5.74) is 0.616. The van der Waals surface area contributed by atoms with Crippen LogP contribution in [0.3, 0.4) is 0 Å².